The van der Waals surface area contributed by atoms with Crippen molar-refractivity contribution in [3.8, 4) is 5.75 Å². The van der Waals surface area contributed by atoms with E-state index in [4.69, 9.17) is 14.2 Å². The smallest absolute Gasteiger partial charge is 0.345 e. The van der Waals surface area contributed by atoms with Crippen molar-refractivity contribution in [2.45, 2.75) is 6.10 Å². The number of amides is 1. The first kappa shape index (κ1) is 18.8. The predicted molar refractivity (Wildman–Crippen MR) is 94.6 cm³/mol. The number of carbonyl (C=O) groups is 2. The molecule has 0 unspecified atom stereocenters. The first-order valence-electron chi connectivity index (χ1n) is 8.63. The third-order valence-corrected chi connectivity index (χ3v) is 4.08. The molecule has 6 nitrogen and oxygen atoms in total. The van der Waals surface area contributed by atoms with Gasteiger partial charge in [0.1, 0.15) is 0 Å². The highest BCUT2D eigenvalue weighted by molar-refractivity contribution is 5.85. The molecule has 0 aliphatic carbocycles. The maximum Gasteiger partial charge on any atom is 0.345 e. The van der Waals surface area contributed by atoms with Gasteiger partial charge in [0.05, 0.1) is 13.2 Å². The van der Waals surface area contributed by atoms with E-state index in [9.17, 15) is 14.0 Å². The van der Waals surface area contributed by atoms with Gasteiger partial charge in [-0.25, -0.2) is 9.18 Å². The Morgan fingerprint density at radius 1 is 1.04 bits per heavy atom. The summed E-state index contributed by atoms with van der Waals surface area (Å²) in [6.07, 6.45) is -1.08. The summed E-state index contributed by atoms with van der Waals surface area (Å²) in [7, 11) is 0. The molecule has 1 heterocycles. The number of para-hydroxylation sites is 1. The molecule has 1 amide bonds. The molecule has 0 radical (unpaired) electrons. The first-order chi connectivity index (χ1) is 13.1. The SMILES string of the molecule is O=C(COc1ccccc1F)O[C@@H](C(=O)N1CCOCC1)c1ccccc1. The van der Waals surface area contributed by atoms with Gasteiger partial charge in [0, 0.05) is 18.7 Å². The minimum absolute atomic E-state index is 0.0507. The van der Waals surface area contributed by atoms with E-state index in [2.05, 4.69) is 0 Å². The van der Waals surface area contributed by atoms with Crippen molar-refractivity contribution >= 4 is 11.9 Å². The summed E-state index contributed by atoms with van der Waals surface area (Å²) >= 11 is 0. The van der Waals surface area contributed by atoms with Crippen molar-refractivity contribution in [1.29, 1.82) is 0 Å². The van der Waals surface area contributed by atoms with Gasteiger partial charge in [-0.15, -0.1) is 0 Å². The van der Waals surface area contributed by atoms with E-state index in [0.717, 1.165) is 0 Å². The molecular formula is C20H20FNO5. The molecule has 1 saturated heterocycles. The lowest BCUT2D eigenvalue weighted by atomic mass is 10.1. The van der Waals surface area contributed by atoms with Crippen LogP contribution in [0.4, 0.5) is 4.39 Å². The fourth-order valence-corrected chi connectivity index (χ4v) is 2.70. The second-order valence-electron chi connectivity index (χ2n) is 5.94. The van der Waals surface area contributed by atoms with Crippen LogP contribution < -0.4 is 4.74 Å². The highest BCUT2D eigenvalue weighted by Gasteiger charge is 2.30. The van der Waals surface area contributed by atoms with Gasteiger partial charge in [-0.2, -0.15) is 0 Å². The highest BCUT2D eigenvalue weighted by atomic mass is 19.1. The molecule has 0 bridgehead atoms. The number of hydrogen-bond donors (Lipinski definition) is 0. The Balaban J connectivity index is 1.68. The second kappa shape index (κ2) is 9.14. The third kappa shape index (κ3) is 5.04. The van der Waals surface area contributed by atoms with Crippen LogP contribution in [0.25, 0.3) is 0 Å². The molecule has 1 aliphatic rings. The Bertz CT molecular complexity index is 777. The van der Waals surface area contributed by atoms with Gasteiger partial charge >= 0.3 is 5.97 Å². The third-order valence-electron chi connectivity index (χ3n) is 4.08. The summed E-state index contributed by atoms with van der Waals surface area (Å²) in [5.74, 6) is -1.70. The maximum absolute atomic E-state index is 13.6. The lowest BCUT2D eigenvalue weighted by Crippen LogP contribution is -2.44. The average molecular weight is 373 g/mol. The largest absolute Gasteiger partial charge is 0.479 e. The lowest BCUT2D eigenvalue weighted by molar-refractivity contribution is -0.164. The standard InChI is InChI=1S/C20H20FNO5/c21-16-8-4-5-9-17(16)26-14-18(23)27-19(15-6-2-1-3-7-15)20(24)22-10-12-25-13-11-22/h1-9,19H,10-14H2/t19-/m1/s1. The van der Waals surface area contributed by atoms with Crippen LogP contribution >= 0.6 is 0 Å². The van der Waals surface area contributed by atoms with E-state index in [1.54, 1.807) is 35.2 Å². The molecule has 0 aromatic heterocycles. The van der Waals surface area contributed by atoms with Crippen molar-refractivity contribution in [2.24, 2.45) is 0 Å². The number of halogens is 1. The van der Waals surface area contributed by atoms with Gasteiger partial charge in [-0.1, -0.05) is 42.5 Å². The average Bonchev–Trinajstić information content (AvgIpc) is 2.72. The van der Waals surface area contributed by atoms with Crippen LogP contribution in [0.1, 0.15) is 11.7 Å². The molecule has 0 N–H and O–H groups in total. The minimum Gasteiger partial charge on any atom is -0.479 e. The lowest BCUT2D eigenvalue weighted by Gasteiger charge is -2.30. The Labute approximate surface area is 156 Å². The number of benzene rings is 2. The number of morpholine rings is 1. The molecule has 3 rings (SSSR count). The Morgan fingerprint density at radius 2 is 1.70 bits per heavy atom. The molecule has 2 aromatic rings. The number of ether oxygens (including phenoxy) is 3. The van der Waals surface area contributed by atoms with Gasteiger partial charge in [0.2, 0.25) is 6.10 Å². The summed E-state index contributed by atoms with van der Waals surface area (Å²) in [6, 6.07) is 14.5. The second-order valence-corrected chi connectivity index (χ2v) is 5.94. The predicted octanol–water partition coefficient (Wildman–Crippen LogP) is 2.35. The molecule has 2 aromatic carbocycles. The Hall–Kier alpha value is -2.93. The van der Waals surface area contributed by atoms with Crippen molar-refractivity contribution in [2.75, 3.05) is 32.9 Å². The zero-order valence-electron chi connectivity index (χ0n) is 14.7. The minimum atomic E-state index is -1.08. The monoisotopic (exact) mass is 373 g/mol. The normalized spacial score (nSPS) is 15.1. The van der Waals surface area contributed by atoms with Crippen LogP contribution in [0.5, 0.6) is 5.75 Å². The van der Waals surface area contributed by atoms with E-state index in [0.29, 0.717) is 31.9 Å². The Morgan fingerprint density at radius 3 is 2.41 bits per heavy atom. The maximum atomic E-state index is 13.6. The summed E-state index contributed by atoms with van der Waals surface area (Å²) in [6.45, 7) is 1.26. The van der Waals surface area contributed by atoms with Crippen LogP contribution in [0.2, 0.25) is 0 Å². The van der Waals surface area contributed by atoms with E-state index < -0.39 is 24.5 Å². The van der Waals surface area contributed by atoms with Crippen molar-refractivity contribution < 1.29 is 28.2 Å². The van der Waals surface area contributed by atoms with Crippen LogP contribution in [-0.4, -0.2) is 49.7 Å². The van der Waals surface area contributed by atoms with Crippen LogP contribution in [0.15, 0.2) is 54.6 Å². The quantitative estimate of drug-likeness (QED) is 0.728. The molecule has 0 spiro atoms. The van der Waals surface area contributed by atoms with E-state index >= 15 is 0 Å². The molecule has 1 aliphatic heterocycles. The zero-order valence-corrected chi connectivity index (χ0v) is 14.7. The molecule has 0 saturated carbocycles. The molecule has 1 atom stereocenters. The molecule has 1 fully saturated rings. The van der Waals surface area contributed by atoms with Crippen molar-refractivity contribution in [3.05, 3.63) is 66.0 Å². The van der Waals surface area contributed by atoms with Crippen molar-refractivity contribution in [3.63, 3.8) is 0 Å². The number of nitrogens with zero attached hydrogens (tertiary/aromatic N) is 1. The van der Waals surface area contributed by atoms with Crippen LogP contribution in [-0.2, 0) is 19.1 Å². The van der Waals surface area contributed by atoms with Gasteiger partial charge in [0.15, 0.2) is 18.2 Å². The topological polar surface area (TPSA) is 65.1 Å². The van der Waals surface area contributed by atoms with E-state index in [-0.39, 0.29) is 11.7 Å². The number of carbonyl (C=O) groups excluding carboxylic acids is 2. The number of esters is 1. The summed E-state index contributed by atoms with van der Waals surface area (Å²) in [5.41, 5.74) is 0.563. The summed E-state index contributed by atoms with van der Waals surface area (Å²) in [5, 5.41) is 0. The highest BCUT2D eigenvalue weighted by Crippen LogP contribution is 2.22. The first-order valence-corrected chi connectivity index (χ1v) is 8.63. The molecule has 7 heteroatoms. The van der Waals surface area contributed by atoms with E-state index in [1.165, 1.54) is 18.2 Å². The fourth-order valence-electron chi connectivity index (χ4n) is 2.70. The molecule has 142 valence electrons. The Kier molecular flexibility index (Phi) is 6.38. The van der Waals surface area contributed by atoms with Gasteiger partial charge in [0.25, 0.3) is 5.91 Å². The summed E-state index contributed by atoms with van der Waals surface area (Å²) < 4.78 is 29.4. The van der Waals surface area contributed by atoms with Gasteiger partial charge < -0.3 is 19.1 Å². The zero-order chi connectivity index (χ0) is 19.1. The van der Waals surface area contributed by atoms with Gasteiger partial charge in [-0.05, 0) is 12.1 Å². The van der Waals surface area contributed by atoms with Crippen LogP contribution in [0, 0.1) is 5.82 Å². The van der Waals surface area contributed by atoms with Gasteiger partial charge in [-0.3, -0.25) is 4.79 Å². The van der Waals surface area contributed by atoms with Crippen molar-refractivity contribution in [1.82, 2.24) is 4.90 Å². The molecular weight excluding hydrogens is 353 g/mol. The van der Waals surface area contributed by atoms with Crippen LogP contribution in [0.3, 0.4) is 0 Å². The molecule has 27 heavy (non-hydrogen) atoms. The van der Waals surface area contributed by atoms with E-state index in [1.807, 2.05) is 6.07 Å². The summed E-state index contributed by atoms with van der Waals surface area (Å²) in [4.78, 5) is 26.7. The number of rotatable bonds is 6. The number of hydrogen-bond acceptors (Lipinski definition) is 5. The fraction of sp³-hybridized carbons (Fsp3) is 0.300.